The van der Waals surface area contributed by atoms with Crippen molar-refractivity contribution < 1.29 is 13.9 Å². The summed E-state index contributed by atoms with van der Waals surface area (Å²) in [5, 5.41) is 10.4. The van der Waals surface area contributed by atoms with Gasteiger partial charge in [0.15, 0.2) is 0 Å². The molecule has 1 saturated heterocycles. The van der Waals surface area contributed by atoms with Crippen molar-refractivity contribution in [1.29, 1.82) is 5.26 Å². The molecule has 2 fully saturated rings. The molecule has 2 aromatic carbocycles. The average molecular weight is 482 g/mol. The minimum Gasteiger partial charge on any atom is -0.472 e. The smallest absolute Gasteiger partial charge is 0.257 e. The van der Waals surface area contributed by atoms with Crippen molar-refractivity contribution in [2.45, 2.75) is 57.3 Å². The summed E-state index contributed by atoms with van der Waals surface area (Å²) >= 11 is 0. The van der Waals surface area contributed by atoms with Gasteiger partial charge in [0.2, 0.25) is 0 Å². The van der Waals surface area contributed by atoms with E-state index in [1.54, 1.807) is 6.07 Å². The molecule has 6 nitrogen and oxygen atoms in total. The summed E-state index contributed by atoms with van der Waals surface area (Å²) in [5.74, 6) is 0.532. The number of carbonyl (C=O) groups is 1. The minimum atomic E-state index is -0.291. The number of ether oxygens (including phenoxy) is 1. The second-order valence-electron chi connectivity index (χ2n) is 10.8. The molecule has 6 heteroatoms. The molecule has 3 aliphatic rings. The topological polar surface area (TPSA) is 69.7 Å². The van der Waals surface area contributed by atoms with Gasteiger partial charge in [0, 0.05) is 26.1 Å². The van der Waals surface area contributed by atoms with Gasteiger partial charge in [-0.25, -0.2) is 0 Å². The van der Waals surface area contributed by atoms with E-state index in [0.29, 0.717) is 37.7 Å². The van der Waals surface area contributed by atoms with Crippen LogP contribution in [0.15, 0.2) is 59.4 Å². The van der Waals surface area contributed by atoms with Crippen LogP contribution in [0.2, 0.25) is 0 Å². The van der Waals surface area contributed by atoms with Crippen molar-refractivity contribution in [3.8, 4) is 6.07 Å². The summed E-state index contributed by atoms with van der Waals surface area (Å²) in [6, 6.07) is 16.6. The molecular formula is C30H31N3O3. The van der Waals surface area contributed by atoms with Gasteiger partial charge in [-0.3, -0.25) is 4.79 Å². The first-order chi connectivity index (χ1) is 17.4. The Hall–Kier alpha value is -3.56. The van der Waals surface area contributed by atoms with Crippen molar-refractivity contribution in [3.05, 3.63) is 88.4 Å². The second-order valence-corrected chi connectivity index (χ2v) is 10.8. The molecule has 184 valence electrons. The lowest BCUT2D eigenvalue weighted by atomic mass is 9.84. The largest absolute Gasteiger partial charge is 0.472 e. The second kappa shape index (κ2) is 8.83. The molecule has 3 heterocycles. The lowest BCUT2D eigenvalue weighted by molar-refractivity contribution is -0.0405. The Kier molecular flexibility index (Phi) is 5.61. The van der Waals surface area contributed by atoms with E-state index < -0.39 is 0 Å². The maximum absolute atomic E-state index is 13.4. The van der Waals surface area contributed by atoms with Gasteiger partial charge in [-0.05, 0) is 67.0 Å². The van der Waals surface area contributed by atoms with E-state index in [1.807, 2.05) is 23.1 Å². The van der Waals surface area contributed by atoms with E-state index in [2.05, 4.69) is 43.0 Å². The SMILES string of the molecule is CC1(C)Cc2c(C#N)c(N3CCN(C(=O)c4ccoc4)[C@@H](c4ccccc4)C3)cc(C3CC3)c2CO1. The number of carbonyl (C=O) groups excluding carboxylic acids is 1. The quantitative estimate of drug-likeness (QED) is 0.486. The fourth-order valence-corrected chi connectivity index (χ4v) is 5.79. The third-order valence-electron chi connectivity index (χ3n) is 7.84. The van der Waals surface area contributed by atoms with Gasteiger partial charge in [-0.2, -0.15) is 5.26 Å². The number of furan rings is 1. The highest BCUT2D eigenvalue weighted by Gasteiger charge is 2.38. The van der Waals surface area contributed by atoms with Crippen molar-refractivity contribution >= 4 is 11.6 Å². The first kappa shape index (κ1) is 22.9. The first-order valence-corrected chi connectivity index (χ1v) is 12.8. The monoisotopic (exact) mass is 481 g/mol. The molecular weight excluding hydrogens is 450 g/mol. The first-order valence-electron chi connectivity index (χ1n) is 12.8. The maximum Gasteiger partial charge on any atom is 0.257 e. The van der Waals surface area contributed by atoms with Gasteiger partial charge in [0.1, 0.15) is 12.3 Å². The van der Waals surface area contributed by atoms with Crippen LogP contribution in [-0.4, -0.2) is 36.0 Å². The molecule has 1 amide bonds. The third-order valence-corrected chi connectivity index (χ3v) is 7.84. The van der Waals surface area contributed by atoms with E-state index in [-0.39, 0.29) is 17.6 Å². The molecule has 1 aliphatic carbocycles. The van der Waals surface area contributed by atoms with Crippen molar-refractivity contribution in [2.75, 3.05) is 24.5 Å². The van der Waals surface area contributed by atoms with Crippen molar-refractivity contribution in [2.24, 2.45) is 0 Å². The lowest BCUT2D eigenvalue weighted by Crippen LogP contribution is -2.51. The zero-order valence-corrected chi connectivity index (χ0v) is 20.9. The van der Waals surface area contributed by atoms with Gasteiger partial charge in [-0.15, -0.1) is 0 Å². The molecule has 3 aromatic rings. The van der Waals surface area contributed by atoms with Gasteiger partial charge < -0.3 is 19.0 Å². The highest BCUT2D eigenvalue weighted by molar-refractivity contribution is 5.94. The minimum absolute atomic E-state index is 0.0271. The van der Waals surface area contributed by atoms with Gasteiger partial charge in [0.05, 0.1) is 41.3 Å². The molecule has 0 bridgehead atoms. The maximum atomic E-state index is 13.4. The van der Waals surface area contributed by atoms with E-state index in [1.165, 1.54) is 36.5 Å². The Morgan fingerprint density at radius 1 is 1.11 bits per heavy atom. The van der Waals surface area contributed by atoms with Crippen LogP contribution in [0.1, 0.15) is 76.8 Å². The van der Waals surface area contributed by atoms with Crippen LogP contribution in [-0.2, 0) is 17.8 Å². The normalized spacial score (nSPS) is 21.1. The number of nitriles is 1. The number of anilines is 1. The predicted molar refractivity (Wildman–Crippen MR) is 137 cm³/mol. The molecule has 1 saturated carbocycles. The van der Waals surface area contributed by atoms with Crippen LogP contribution < -0.4 is 4.90 Å². The van der Waals surface area contributed by atoms with E-state index in [4.69, 9.17) is 9.15 Å². The molecule has 0 radical (unpaired) electrons. The Bertz CT molecular complexity index is 1320. The van der Waals surface area contributed by atoms with Crippen LogP contribution in [0.3, 0.4) is 0 Å². The zero-order valence-electron chi connectivity index (χ0n) is 20.9. The predicted octanol–water partition coefficient (Wildman–Crippen LogP) is 5.58. The Morgan fingerprint density at radius 3 is 2.61 bits per heavy atom. The average Bonchev–Trinajstić information content (AvgIpc) is 3.59. The summed E-state index contributed by atoms with van der Waals surface area (Å²) in [4.78, 5) is 17.7. The zero-order chi connectivity index (χ0) is 24.9. The molecule has 1 aromatic heterocycles. The molecule has 0 N–H and O–H groups in total. The highest BCUT2D eigenvalue weighted by atomic mass is 16.5. The van der Waals surface area contributed by atoms with Crippen LogP contribution in [0.25, 0.3) is 0 Å². The number of rotatable bonds is 4. The van der Waals surface area contributed by atoms with Crippen molar-refractivity contribution in [1.82, 2.24) is 4.90 Å². The lowest BCUT2D eigenvalue weighted by Gasteiger charge is -2.43. The third kappa shape index (κ3) is 4.08. The summed E-state index contributed by atoms with van der Waals surface area (Å²) in [6.07, 6.45) is 6.18. The summed E-state index contributed by atoms with van der Waals surface area (Å²) in [5.41, 5.74) is 6.87. The number of amides is 1. The highest BCUT2D eigenvalue weighted by Crippen LogP contribution is 2.48. The molecule has 0 spiro atoms. The van der Waals surface area contributed by atoms with Crippen LogP contribution in [0, 0.1) is 11.3 Å². The number of benzene rings is 2. The van der Waals surface area contributed by atoms with Gasteiger partial charge >= 0.3 is 0 Å². The molecule has 1 atom stereocenters. The summed E-state index contributed by atoms with van der Waals surface area (Å²) in [6.45, 7) is 6.65. The van der Waals surface area contributed by atoms with Gasteiger partial charge in [0.25, 0.3) is 5.91 Å². The van der Waals surface area contributed by atoms with Crippen LogP contribution in [0.4, 0.5) is 5.69 Å². The number of hydrogen-bond acceptors (Lipinski definition) is 5. The number of piperazine rings is 1. The Labute approximate surface area is 212 Å². The number of nitrogens with zero attached hydrogens (tertiary/aromatic N) is 3. The van der Waals surface area contributed by atoms with Crippen molar-refractivity contribution in [3.63, 3.8) is 0 Å². The standard InChI is InChI=1S/C30H31N3O3/c1-30(2)15-24-25(16-31)27(14-23(20-8-9-20)26(24)19-36-30)32-11-12-33(29(34)22-10-13-35-18-22)28(17-32)21-6-4-3-5-7-21/h3-7,10,13-14,18,20,28H,8-9,11-12,15,17,19H2,1-2H3/t28-/m1/s1. The Balaban J connectivity index is 1.41. The summed E-state index contributed by atoms with van der Waals surface area (Å²) < 4.78 is 11.4. The van der Waals surface area contributed by atoms with E-state index in [9.17, 15) is 10.1 Å². The van der Waals surface area contributed by atoms with E-state index >= 15 is 0 Å². The Morgan fingerprint density at radius 2 is 1.92 bits per heavy atom. The molecule has 2 aliphatic heterocycles. The fraction of sp³-hybridized carbons (Fsp3) is 0.400. The van der Waals surface area contributed by atoms with Crippen LogP contribution in [0.5, 0.6) is 0 Å². The molecule has 0 unspecified atom stereocenters. The number of hydrogen-bond donors (Lipinski definition) is 0. The van der Waals surface area contributed by atoms with E-state index in [0.717, 1.165) is 28.8 Å². The number of fused-ring (bicyclic) bond motifs is 1. The fourth-order valence-electron chi connectivity index (χ4n) is 5.79. The molecule has 36 heavy (non-hydrogen) atoms. The van der Waals surface area contributed by atoms with Crippen LogP contribution >= 0.6 is 0 Å². The molecule has 6 rings (SSSR count). The van der Waals surface area contributed by atoms with Gasteiger partial charge in [-0.1, -0.05) is 30.3 Å². The summed E-state index contributed by atoms with van der Waals surface area (Å²) in [7, 11) is 0.